The molecule has 0 aromatic heterocycles. The van der Waals surface area contributed by atoms with E-state index in [1.165, 1.54) is 16.7 Å². The Kier molecular flexibility index (Phi) is 6.99. The molecule has 2 nitrogen and oxygen atoms in total. The molecule has 0 aliphatic rings. The largest absolute Gasteiger partial charge is 0.381 e. The van der Waals surface area contributed by atoms with Crippen molar-refractivity contribution in [2.45, 2.75) is 26.3 Å². The molecule has 0 saturated carbocycles. The lowest BCUT2D eigenvalue weighted by molar-refractivity contribution is 0.132. The Morgan fingerprint density at radius 3 is 2.29 bits per heavy atom. The highest BCUT2D eigenvalue weighted by molar-refractivity contribution is 5.63. The summed E-state index contributed by atoms with van der Waals surface area (Å²) in [4.78, 5) is 0. The molecule has 0 amide bonds. The highest BCUT2D eigenvalue weighted by Gasteiger charge is 1.97. The van der Waals surface area contributed by atoms with Crippen LogP contribution in [0.4, 0.5) is 0 Å². The van der Waals surface area contributed by atoms with Crippen molar-refractivity contribution in [2.24, 2.45) is 0 Å². The normalized spacial score (nSPS) is 10.7. The number of hydrogen-bond acceptors (Lipinski definition) is 2. The first kappa shape index (κ1) is 15.7. The van der Waals surface area contributed by atoms with Gasteiger partial charge < -0.3 is 10.1 Å². The minimum absolute atomic E-state index is 0.855. The van der Waals surface area contributed by atoms with E-state index >= 15 is 0 Å². The van der Waals surface area contributed by atoms with Gasteiger partial charge in [0, 0.05) is 19.8 Å². The zero-order valence-electron chi connectivity index (χ0n) is 12.8. The third kappa shape index (κ3) is 5.70. The van der Waals surface area contributed by atoms with E-state index in [0.29, 0.717) is 0 Å². The van der Waals surface area contributed by atoms with E-state index in [-0.39, 0.29) is 0 Å². The smallest absolute Gasteiger partial charge is 0.0478 e. The maximum Gasteiger partial charge on any atom is 0.0478 e. The average Bonchev–Trinajstić information content (AvgIpc) is 2.55. The van der Waals surface area contributed by atoms with Crippen LogP contribution in [0, 0.1) is 0 Å². The van der Waals surface area contributed by atoms with Gasteiger partial charge in [0.15, 0.2) is 0 Å². The summed E-state index contributed by atoms with van der Waals surface area (Å²) in [5, 5.41) is 3.46. The standard InChI is InChI=1S/C19H25NO/c1-2-14-21-15-6-13-20-16-17-9-11-19(12-10-17)18-7-4-3-5-8-18/h3-5,7-12,20H,2,6,13-16H2,1H3. The number of ether oxygens (including phenoxy) is 1. The van der Waals surface area contributed by atoms with Gasteiger partial charge in [0.25, 0.3) is 0 Å². The Balaban J connectivity index is 1.71. The first-order valence-electron chi connectivity index (χ1n) is 7.83. The second kappa shape index (κ2) is 9.32. The second-order valence-electron chi connectivity index (χ2n) is 5.21. The van der Waals surface area contributed by atoms with Crippen molar-refractivity contribution < 1.29 is 4.74 Å². The number of benzene rings is 2. The maximum absolute atomic E-state index is 5.46. The van der Waals surface area contributed by atoms with Crippen LogP contribution in [0.3, 0.4) is 0 Å². The second-order valence-corrected chi connectivity index (χ2v) is 5.21. The van der Waals surface area contributed by atoms with Crippen LogP contribution in [0.5, 0.6) is 0 Å². The Hall–Kier alpha value is -1.64. The highest BCUT2D eigenvalue weighted by Crippen LogP contribution is 2.19. The molecule has 0 saturated heterocycles. The maximum atomic E-state index is 5.46. The first-order chi connectivity index (χ1) is 10.4. The predicted octanol–water partition coefficient (Wildman–Crippen LogP) is 4.26. The van der Waals surface area contributed by atoms with Gasteiger partial charge in [-0.05, 0) is 36.1 Å². The lowest BCUT2D eigenvalue weighted by Gasteiger charge is -2.07. The van der Waals surface area contributed by atoms with E-state index in [1.54, 1.807) is 0 Å². The van der Waals surface area contributed by atoms with Crippen molar-refractivity contribution in [1.29, 1.82) is 0 Å². The van der Waals surface area contributed by atoms with Crippen LogP contribution in [0.15, 0.2) is 54.6 Å². The number of nitrogens with one attached hydrogen (secondary N) is 1. The SMILES string of the molecule is CCCOCCCNCc1ccc(-c2ccccc2)cc1. The van der Waals surface area contributed by atoms with Gasteiger partial charge in [0.05, 0.1) is 0 Å². The van der Waals surface area contributed by atoms with Crippen molar-refractivity contribution in [2.75, 3.05) is 19.8 Å². The van der Waals surface area contributed by atoms with E-state index in [9.17, 15) is 0 Å². The lowest BCUT2D eigenvalue weighted by atomic mass is 10.0. The fourth-order valence-corrected chi connectivity index (χ4v) is 2.22. The summed E-state index contributed by atoms with van der Waals surface area (Å²) in [5.41, 5.74) is 3.86. The molecule has 2 aromatic rings. The van der Waals surface area contributed by atoms with Gasteiger partial charge in [-0.15, -0.1) is 0 Å². The van der Waals surface area contributed by atoms with E-state index in [1.807, 2.05) is 6.07 Å². The minimum Gasteiger partial charge on any atom is -0.381 e. The quantitative estimate of drug-likeness (QED) is 0.694. The fourth-order valence-electron chi connectivity index (χ4n) is 2.22. The number of rotatable bonds is 9. The van der Waals surface area contributed by atoms with E-state index in [4.69, 9.17) is 4.74 Å². The van der Waals surface area contributed by atoms with Crippen molar-refractivity contribution >= 4 is 0 Å². The molecule has 0 radical (unpaired) electrons. The summed E-state index contributed by atoms with van der Waals surface area (Å²) >= 11 is 0. The molecular formula is C19H25NO. The zero-order chi connectivity index (χ0) is 14.8. The molecule has 0 bridgehead atoms. The van der Waals surface area contributed by atoms with Gasteiger partial charge in [0.1, 0.15) is 0 Å². The van der Waals surface area contributed by atoms with Crippen molar-refractivity contribution in [1.82, 2.24) is 5.32 Å². The lowest BCUT2D eigenvalue weighted by Crippen LogP contribution is -2.16. The molecule has 0 fully saturated rings. The fraction of sp³-hybridized carbons (Fsp3) is 0.368. The summed E-state index contributed by atoms with van der Waals surface area (Å²) in [6.07, 6.45) is 2.17. The van der Waals surface area contributed by atoms with E-state index in [2.05, 4.69) is 60.8 Å². The van der Waals surface area contributed by atoms with Crippen molar-refractivity contribution in [3.8, 4) is 11.1 Å². The van der Waals surface area contributed by atoms with Crippen LogP contribution in [-0.2, 0) is 11.3 Å². The molecule has 0 aliphatic carbocycles. The Bertz CT molecular complexity index is 493. The Morgan fingerprint density at radius 1 is 0.857 bits per heavy atom. The molecule has 0 unspecified atom stereocenters. The first-order valence-corrected chi connectivity index (χ1v) is 7.83. The molecule has 1 N–H and O–H groups in total. The molecule has 0 spiro atoms. The van der Waals surface area contributed by atoms with Gasteiger partial charge >= 0.3 is 0 Å². The van der Waals surface area contributed by atoms with Crippen LogP contribution >= 0.6 is 0 Å². The third-order valence-corrected chi connectivity index (χ3v) is 3.38. The summed E-state index contributed by atoms with van der Waals surface area (Å²) in [5.74, 6) is 0. The summed E-state index contributed by atoms with van der Waals surface area (Å²) in [6, 6.07) is 19.3. The number of hydrogen-bond donors (Lipinski definition) is 1. The summed E-state index contributed by atoms with van der Waals surface area (Å²) in [7, 11) is 0. The van der Waals surface area contributed by atoms with Gasteiger partial charge in [0.2, 0.25) is 0 Å². The molecule has 0 atom stereocenters. The van der Waals surface area contributed by atoms with Crippen molar-refractivity contribution in [3.63, 3.8) is 0 Å². The predicted molar refractivity (Wildman–Crippen MR) is 89.3 cm³/mol. The van der Waals surface area contributed by atoms with Gasteiger partial charge in [-0.1, -0.05) is 61.5 Å². The van der Waals surface area contributed by atoms with Crippen LogP contribution in [0.25, 0.3) is 11.1 Å². The molecule has 112 valence electrons. The highest BCUT2D eigenvalue weighted by atomic mass is 16.5. The Morgan fingerprint density at radius 2 is 1.57 bits per heavy atom. The zero-order valence-corrected chi connectivity index (χ0v) is 12.8. The van der Waals surface area contributed by atoms with Gasteiger partial charge in [-0.25, -0.2) is 0 Å². The average molecular weight is 283 g/mol. The van der Waals surface area contributed by atoms with Crippen LogP contribution < -0.4 is 5.32 Å². The molecule has 0 aliphatic heterocycles. The molecular weight excluding hydrogens is 258 g/mol. The molecule has 2 aromatic carbocycles. The van der Waals surface area contributed by atoms with Crippen LogP contribution in [-0.4, -0.2) is 19.8 Å². The summed E-state index contributed by atoms with van der Waals surface area (Å²) in [6.45, 7) is 5.79. The minimum atomic E-state index is 0.855. The van der Waals surface area contributed by atoms with Crippen LogP contribution in [0.1, 0.15) is 25.3 Å². The molecule has 2 heteroatoms. The third-order valence-electron chi connectivity index (χ3n) is 3.38. The topological polar surface area (TPSA) is 21.3 Å². The molecule has 0 heterocycles. The van der Waals surface area contributed by atoms with Crippen molar-refractivity contribution in [3.05, 3.63) is 60.2 Å². The van der Waals surface area contributed by atoms with Crippen LogP contribution in [0.2, 0.25) is 0 Å². The monoisotopic (exact) mass is 283 g/mol. The van der Waals surface area contributed by atoms with E-state index < -0.39 is 0 Å². The molecule has 21 heavy (non-hydrogen) atoms. The van der Waals surface area contributed by atoms with Gasteiger partial charge in [-0.2, -0.15) is 0 Å². The summed E-state index contributed by atoms with van der Waals surface area (Å²) < 4.78 is 5.46. The van der Waals surface area contributed by atoms with E-state index in [0.717, 1.165) is 39.1 Å². The Labute approximate surface area is 128 Å². The molecule has 2 rings (SSSR count). The van der Waals surface area contributed by atoms with Gasteiger partial charge in [-0.3, -0.25) is 0 Å².